The van der Waals surface area contributed by atoms with Crippen LogP contribution in [0.5, 0.6) is 0 Å². The number of halogens is 2. The minimum absolute atomic E-state index is 0.107. The first-order chi connectivity index (χ1) is 9.49. The molecule has 1 aromatic rings. The van der Waals surface area contributed by atoms with Gasteiger partial charge < -0.3 is 15.2 Å². The van der Waals surface area contributed by atoms with Crippen molar-refractivity contribution in [3.63, 3.8) is 0 Å². The van der Waals surface area contributed by atoms with E-state index in [4.69, 9.17) is 0 Å². The van der Waals surface area contributed by atoms with Crippen molar-refractivity contribution in [3.8, 4) is 0 Å². The lowest BCUT2D eigenvalue weighted by atomic mass is 9.99. The molecule has 2 unspecified atom stereocenters. The zero-order valence-electron chi connectivity index (χ0n) is 11.1. The van der Waals surface area contributed by atoms with E-state index in [1.165, 1.54) is 13.2 Å². The summed E-state index contributed by atoms with van der Waals surface area (Å²) in [6, 6.07) is 2.41. The number of nitrogens with one attached hydrogen (secondary N) is 1. The van der Waals surface area contributed by atoms with Crippen LogP contribution in [0.25, 0.3) is 0 Å². The molecule has 0 aliphatic rings. The van der Waals surface area contributed by atoms with Crippen molar-refractivity contribution in [3.05, 3.63) is 48.1 Å². The Morgan fingerprint density at radius 1 is 1.50 bits per heavy atom. The Bertz CT molecular complexity index is 479. The van der Waals surface area contributed by atoms with Crippen molar-refractivity contribution < 1.29 is 23.4 Å². The van der Waals surface area contributed by atoms with Crippen LogP contribution in [0.15, 0.2) is 30.9 Å². The first kappa shape index (κ1) is 16.3. The summed E-state index contributed by atoms with van der Waals surface area (Å²) >= 11 is 0. The molecule has 0 radical (unpaired) electrons. The second-order valence-corrected chi connectivity index (χ2v) is 4.20. The number of carbonyl (C=O) groups excluding carboxylic acids is 1. The molecule has 0 bridgehead atoms. The SMILES string of the molecule is C=CCNC(CC(=O)OC)C(O)c1ccc(F)c(F)c1. The van der Waals surface area contributed by atoms with E-state index in [1.54, 1.807) is 6.08 Å². The van der Waals surface area contributed by atoms with Crippen molar-refractivity contribution in [1.82, 2.24) is 5.32 Å². The van der Waals surface area contributed by atoms with Crippen LogP contribution in [-0.4, -0.2) is 30.8 Å². The highest BCUT2D eigenvalue weighted by molar-refractivity contribution is 5.70. The molecule has 2 atom stereocenters. The largest absolute Gasteiger partial charge is 0.469 e. The van der Waals surface area contributed by atoms with E-state index in [-0.39, 0.29) is 12.0 Å². The highest BCUT2D eigenvalue weighted by Gasteiger charge is 2.24. The average molecular weight is 285 g/mol. The maximum atomic E-state index is 13.2. The number of ether oxygens (including phenoxy) is 1. The van der Waals surface area contributed by atoms with E-state index in [1.807, 2.05) is 0 Å². The zero-order valence-corrected chi connectivity index (χ0v) is 11.1. The summed E-state index contributed by atoms with van der Waals surface area (Å²) in [7, 11) is 1.23. The van der Waals surface area contributed by atoms with Crippen LogP contribution in [0.2, 0.25) is 0 Å². The van der Waals surface area contributed by atoms with Gasteiger partial charge in [-0.05, 0) is 17.7 Å². The molecule has 1 aromatic carbocycles. The molecular weight excluding hydrogens is 268 g/mol. The Morgan fingerprint density at radius 3 is 2.75 bits per heavy atom. The lowest BCUT2D eigenvalue weighted by Crippen LogP contribution is -2.37. The summed E-state index contributed by atoms with van der Waals surface area (Å²) < 4.78 is 30.6. The number of esters is 1. The van der Waals surface area contributed by atoms with Crippen LogP contribution in [0.1, 0.15) is 18.1 Å². The molecule has 0 amide bonds. The smallest absolute Gasteiger partial charge is 0.307 e. The van der Waals surface area contributed by atoms with Crippen molar-refractivity contribution in [2.45, 2.75) is 18.6 Å². The highest BCUT2D eigenvalue weighted by Crippen LogP contribution is 2.21. The van der Waals surface area contributed by atoms with Gasteiger partial charge in [0.05, 0.1) is 19.6 Å². The number of hydrogen-bond acceptors (Lipinski definition) is 4. The molecule has 20 heavy (non-hydrogen) atoms. The van der Waals surface area contributed by atoms with E-state index in [9.17, 15) is 18.7 Å². The molecule has 1 rings (SSSR count). The molecular formula is C14H17F2NO3. The van der Waals surface area contributed by atoms with Crippen molar-refractivity contribution >= 4 is 5.97 Å². The van der Waals surface area contributed by atoms with E-state index in [0.29, 0.717) is 6.54 Å². The minimum atomic E-state index is -1.18. The van der Waals surface area contributed by atoms with Crippen LogP contribution in [0.3, 0.4) is 0 Å². The molecule has 0 spiro atoms. The van der Waals surface area contributed by atoms with Crippen LogP contribution in [0.4, 0.5) is 8.78 Å². The number of hydrogen-bond donors (Lipinski definition) is 2. The normalized spacial score (nSPS) is 13.6. The summed E-state index contributed by atoms with van der Waals surface area (Å²) in [4.78, 5) is 11.3. The predicted octanol–water partition coefficient (Wildman–Crippen LogP) is 1.71. The summed E-state index contributed by atoms with van der Waals surface area (Å²) in [6.45, 7) is 3.87. The van der Waals surface area contributed by atoms with Crippen LogP contribution < -0.4 is 5.32 Å². The third-order valence-electron chi connectivity index (χ3n) is 2.80. The highest BCUT2D eigenvalue weighted by atomic mass is 19.2. The van der Waals surface area contributed by atoms with Gasteiger partial charge in [0.15, 0.2) is 11.6 Å². The minimum Gasteiger partial charge on any atom is -0.469 e. The van der Waals surface area contributed by atoms with Gasteiger partial charge in [0.2, 0.25) is 0 Å². The molecule has 0 aliphatic heterocycles. The van der Waals surface area contributed by atoms with Crippen LogP contribution >= 0.6 is 0 Å². The van der Waals surface area contributed by atoms with E-state index >= 15 is 0 Å². The summed E-state index contributed by atoms with van der Waals surface area (Å²) in [6.07, 6.45) is 0.274. The monoisotopic (exact) mass is 285 g/mol. The Hall–Kier alpha value is -1.79. The summed E-state index contributed by atoms with van der Waals surface area (Å²) in [5, 5.41) is 13.1. The fourth-order valence-corrected chi connectivity index (χ4v) is 1.72. The van der Waals surface area contributed by atoms with Crippen molar-refractivity contribution in [2.24, 2.45) is 0 Å². The maximum Gasteiger partial charge on any atom is 0.307 e. The number of rotatable bonds is 7. The zero-order chi connectivity index (χ0) is 15.1. The maximum absolute atomic E-state index is 13.2. The van der Waals surface area contributed by atoms with Crippen molar-refractivity contribution in [2.75, 3.05) is 13.7 Å². The third-order valence-corrected chi connectivity index (χ3v) is 2.80. The molecule has 4 nitrogen and oxygen atoms in total. The predicted molar refractivity (Wildman–Crippen MR) is 69.9 cm³/mol. The van der Waals surface area contributed by atoms with Gasteiger partial charge in [0.25, 0.3) is 0 Å². The molecule has 6 heteroatoms. The lowest BCUT2D eigenvalue weighted by Gasteiger charge is -2.23. The molecule has 110 valence electrons. The fraction of sp³-hybridized carbons (Fsp3) is 0.357. The first-order valence-electron chi connectivity index (χ1n) is 6.03. The van der Waals surface area contributed by atoms with Crippen molar-refractivity contribution in [1.29, 1.82) is 0 Å². The third kappa shape index (κ3) is 4.40. The Morgan fingerprint density at radius 2 is 2.20 bits per heavy atom. The molecule has 2 N–H and O–H groups in total. The second kappa shape index (κ2) is 7.72. The molecule has 0 fully saturated rings. The number of aliphatic hydroxyl groups is 1. The van der Waals surface area contributed by atoms with Gasteiger partial charge >= 0.3 is 5.97 Å². The second-order valence-electron chi connectivity index (χ2n) is 4.20. The first-order valence-corrected chi connectivity index (χ1v) is 6.03. The van der Waals surface area contributed by atoms with Crippen LogP contribution in [0, 0.1) is 11.6 Å². The number of aliphatic hydroxyl groups excluding tert-OH is 1. The van der Waals surface area contributed by atoms with Gasteiger partial charge in [-0.25, -0.2) is 8.78 Å². The molecule has 0 heterocycles. The molecule has 0 saturated heterocycles. The van der Waals surface area contributed by atoms with Crippen LogP contribution in [-0.2, 0) is 9.53 Å². The fourth-order valence-electron chi connectivity index (χ4n) is 1.72. The Balaban J connectivity index is 2.89. The van der Waals surface area contributed by atoms with E-state index in [0.717, 1.165) is 12.1 Å². The number of benzene rings is 1. The van der Waals surface area contributed by atoms with E-state index in [2.05, 4.69) is 16.6 Å². The Kier molecular flexibility index (Phi) is 6.27. The number of carbonyl (C=O) groups is 1. The molecule has 0 saturated carbocycles. The Labute approximate surface area is 116 Å². The number of methoxy groups -OCH3 is 1. The summed E-state index contributed by atoms with van der Waals surface area (Å²) in [5.74, 6) is -2.57. The lowest BCUT2D eigenvalue weighted by molar-refractivity contribution is -0.142. The van der Waals surface area contributed by atoms with Gasteiger partial charge in [0, 0.05) is 12.6 Å². The topological polar surface area (TPSA) is 58.6 Å². The quantitative estimate of drug-likeness (QED) is 0.591. The molecule has 0 aromatic heterocycles. The average Bonchev–Trinajstić information content (AvgIpc) is 2.45. The van der Waals surface area contributed by atoms with Gasteiger partial charge in [-0.15, -0.1) is 6.58 Å². The van der Waals surface area contributed by atoms with Gasteiger partial charge in [0.1, 0.15) is 0 Å². The van der Waals surface area contributed by atoms with E-state index < -0.39 is 29.7 Å². The van der Waals surface area contributed by atoms with Gasteiger partial charge in [-0.1, -0.05) is 12.1 Å². The summed E-state index contributed by atoms with van der Waals surface area (Å²) in [5.41, 5.74) is 0.175. The molecule has 0 aliphatic carbocycles. The van der Waals surface area contributed by atoms with Gasteiger partial charge in [-0.3, -0.25) is 4.79 Å². The standard InChI is InChI=1S/C14H17F2NO3/c1-3-6-17-12(8-13(18)20-2)14(19)9-4-5-10(15)11(16)7-9/h3-5,7,12,14,17,19H,1,6,8H2,2H3. The van der Waals surface area contributed by atoms with Gasteiger partial charge in [-0.2, -0.15) is 0 Å².